The smallest absolute Gasteiger partial charge is 0.355 e. The second-order valence-electron chi connectivity index (χ2n) is 5.14. The van der Waals surface area contributed by atoms with E-state index in [1.165, 1.54) is 0 Å². The number of nitrogens with two attached hydrogens (primary N) is 1. The van der Waals surface area contributed by atoms with E-state index in [-0.39, 0.29) is 6.61 Å². The van der Waals surface area contributed by atoms with Crippen molar-refractivity contribution < 1.29 is 9.53 Å². The minimum absolute atomic E-state index is 0.0817. The molecule has 1 heterocycles. The Labute approximate surface area is 122 Å². The molecule has 1 aliphatic rings. The molecule has 106 valence electrons. The molecule has 0 bridgehead atoms. The molecule has 1 fully saturated rings. The van der Waals surface area contributed by atoms with Gasteiger partial charge in [0, 0.05) is 17.8 Å². The molecule has 0 atom stereocenters. The van der Waals surface area contributed by atoms with Crippen molar-refractivity contribution in [1.82, 2.24) is 4.57 Å². The van der Waals surface area contributed by atoms with Crippen LogP contribution in [0.2, 0.25) is 0 Å². The van der Waals surface area contributed by atoms with Crippen LogP contribution in [0.4, 0.5) is 5.69 Å². The van der Waals surface area contributed by atoms with Gasteiger partial charge in [-0.25, -0.2) is 4.79 Å². The third-order valence-electron chi connectivity index (χ3n) is 3.52. The lowest BCUT2D eigenvalue weighted by atomic mass is 10.1. The molecule has 3 rings (SSSR count). The van der Waals surface area contributed by atoms with Crippen LogP contribution in [0.1, 0.15) is 40.5 Å². The van der Waals surface area contributed by atoms with Crippen LogP contribution in [0, 0.1) is 11.3 Å². The van der Waals surface area contributed by atoms with E-state index in [1.54, 1.807) is 30.5 Å². The molecule has 2 aromatic rings. The molecule has 0 saturated heterocycles. The van der Waals surface area contributed by atoms with E-state index in [4.69, 9.17) is 15.7 Å². The number of aromatic nitrogens is 1. The Bertz CT molecular complexity index is 723. The zero-order valence-corrected chi connectivity index (χ0v) is 11.5. The van der Waals surface area contributed by atoms with E-state index in [1.807, 2.05) is 10.6 Å². The second-order valence-corrected chi connectivity index (χ2v) is 5.14. The lowest BCUT2D eigenvalue weighted by molar-refractivity contribution is 0.0459. The van der Waals surface area contributed by atoms with Gasteiger partial charge in [-0.15, -0.1) is 0 Å². The number of nitrogen functional groups attached to an aromatic ring is 1. The highest BCUT2D eigenvalue weighted by molar-refractivity contribution is 5.89. The third kappa shape index (κ3) is 2.75. The fraction of sp³-hybridized carbons (Fsp3) is 0.250. The van der Waals surface area contributed by atoms with Gasteiger partial charge >= 0.3 is 5.97 Å². The molecule has 1 aliphatic carbocycles. The summed E-state index contributed by atoms with van der Waals surface area (Å²) < 4.78 is 7.20. The Kier molecular flexibility index (Phi) is 3.36. The molecule has 0 aliphatic heterocycles. The predicted octanol–water partition coefficient (Wildman–Crippen LogP) is 2.63. The molecule has 1 saturated carbocycles. The lowest BCUT2D eigenvalue weighted by Crippen LogP contribution is -2.11. The summed E-state index contributed by atoms with van der Waals surface area (Å²) in [4.78, 5) is 12.2. The highest BCUT2D eigenvalue weighted by atomic mass is 16.5. The number of anilines is 1. The topological polar surface area (TPSA) is 81.0 Å². The van der Waals surface area contributed by atoms with Gasteiger partial charge in [-0.2, -0.15) is 5.26 Å². The molecule has 5 heteroatoms. The van der Waals surface area contributed by atoms with Crippen LogP contribution in [0.15, 0.2) is 36.5 Å². The zero-order valence-electron chi connectivity index (χ0n) is 11.5. The Balaban J connectivity index is 1.74. The van der Waals surface area contributed by atoms with Gasteiger partial charge in [0.1, 0.15) is 12.3 Å². The number of nitrogens with zero attached hydrogens (tertiary/aromatic N) is 2. The molecule has 1 aromatic heterocycles. The molecular weight excluding hydrogens is 266 g/mol. The van der Waals surface area contributed by atoms with Gasteiger partial charge in [0.05, 0.1) is 17.3 Å². The number of carbonyl (C=O) groups is 1. The van der Waals surface area contributed by atoms with E-state index in [0.717, 1.165) is 12.8 Å². The van der Waals surface area contributed by atoms with Crippen LogP contribution in [-0.2, 0) is 11.3 Å². The van der Waals surface area contributed by atoms with Gasteiger partial charge in [0.2, 0.25) is 0 Å². The largest absolute Gasteiger partial charge is 0.456 e. The van der Waals surface area contributed by atoms with Crippen LogP contribution in [0.3, 0.4) is 0 Å². The molecule has 5 nitrogen and oxygen atoms in total. The Hall–Kier alpha value is -2.74. The van der Waals surface area contributed by atoms with Gasteiger partial charge in [0.15, 0.2) is 0 Å². The highest BCUT2D eigenvalue weighted by Gasteiger charge is 2.28. The van der Waals surface area contributed by atoms with E-state index in [2.05, 4.69) is 6.07 Å². The standard InChI is InChI=1S/C16H15N3O2/c17-8-11-3-1-2-4-12(11)10-21-16(20)15-7-13(18)9-19(15)14-5-6-14/h1-4,7,9,14H,5-6,10,18H2. The van der Waals surface area contributed by atoms with Crippen molar-refractivity contribution in [3.05, 3.63) is 53.3 Å². The molecule has 0 unspecified atom stereocenters. The fourth-order valence-corrected chi connectivity index (χ4v) is 2.29. The molecular formula is C16H15N3O2. The molecule has 0 amide bonds. The summed E-state index contributed by atoms with van der Waals surface area (Å²) in [6.45, 7) is 0.0817. The molecule has 1 aromatic carbocycles. The summed E-state index contributed by atoms with van der Waals surface area (Å²) in [5.41, 5.74) is 8.02. The zero-order chi connectivity index (χ0) is 14.8. The minimum atomic E-state index is -0.411. The van der Waals surface area contributed by atoms with Crippen molar-refractivity contribution in [3.8, 4) is 6.07 Å². The summed E-state index contributed by atoms with van der Waals surface area (Å²) in [6.07, 6.45) is 3.90. The molecule has 0 radical (unpaired) electrons. The second kappa shape index (κ2) is 5.33. The normalized spacial score (nSPS) is 13.7. The number of benzene rings is 1. The van der Waals surface area contributed by atoms with Crippen LogP contribution in [0.5, 0.6) is 0 Å². The number of esters is 1. The van der Waals surface area contributed by atoms with Gasteiger partial charge in [-0.1, -0.05) is 18.2 Å². The summed E-state index contributed by atoms with van der Waals surface area (Å²) >= 11 is 0. The number of hydrogen-bond acceptors (Lipinski definition) is 4. The maximum Gasteiger partial charge on any atom is 0.355 e. The maximum absolute atomic E-state index is 12.2. The van der Waals surface area contributed by atoms with Gasteiger partial charge in [-0.05, 0) is 25.0 Å². The minimum Gasteiger partial charge on any atom is -0.456 e. The number of carbonyl (C=O) groups excluding carboxylic acids is 1. The van der Waals surface area contributed by atoms with Crippen LogP contribution in [-0.4, -0.2) is 10.5 Å². The van der Waals surface area contributed by atoms with E-state index in [0.29, 0.717) is 28.6 Å². The van der Waals surface area contributed by atoms with Gasteiger partial charge in [0.25, 0.3) is 0 Å². The monoisotopic (exact) mass is 281 g/mol. The van der Waals surface area contributed by atoms with Crippen molar-refractivity contribution in [1.29, 1.82) is 5.26 Å². The molecule has 0 spiro atoms. The first-order valence-electron chi connectivity index (χ1n) is 6.81. The summed E-state index contributed by atoms with van der Waals surface area (Å²) in [5, 5.41) is 9.02. The van der Waals surface area contributed by atoms with Crippen molar-refractivity contribution in [2.24, 2.45) is 0 Å². The van der Waals surface area contributed by atoms with Crippen molar-refractivity contribution >= 4 is 11.7 Å². The van der Waals surface area contributed by atoms with Crippen LogP contribution < -0.4 is 5.73 Å². The summed E-state index contributed by atoms with van der Waals surface area (Å²) in [5.74, 6) is -0.411. The maximum atomic E-state index is 12.2. The molecule has 2 N–H and O–H groups in total. The lowest BCUT2D eigenvalue weighted by Gasteiger charge is -2.08. The average molecular weight is 281 g/mol. The van der Waals surface area contributed by atoms with Crippen molar-refractivity contribution in [3.63, 3.8) is 0 Å². The number of ether oxygens (including phenoxy) is 1. The first-order chi connectivity index (χ1) is 10.2. The predicted molar refractivity (Wildman–Crippen MR) is 77.4 cm³/mol. The van der Waals surface area contributed by atoms with Gasteiger partial charge in [-0.3, -0.25) is 0 Å². The number of hydrogen-bond donors (Lipinski definition) is 1. The Morgan fingerprint density at radius 2 is 2.19 bits per heavy atom. The first kappa shape index (κ1) is 13.3. The van der Waals surface area contributed by atoms with Crippen LogP contribution in [0.25, 0.3) is 0 Å². The highest BCUT2D eigenvalue weighted by Crippen LogP contribution is 2.37. The van der Waals surface area contributed by atoms with Crippen LogP contribution >= 0.6 is 0 Å². The van der Waals surface area contributed by atoms with E-state index < -0.39 is 5.97 Å². The number of rotatable bonds is 4. The average Bonchev–Trinajstić information content (AvgIpc) is 3.27. The SMILES string of the molecule is N#Cc1ccccc1COC(=O)c1cc(N)cn1C1CC1. The Morgan fingerprint density at radius 3 is 2.90 bits per heavy atom. The van der Waals surface area contributed by atoms with Crippen molar-refractivity contribution in [2.75, 3.05) is 5.73 Å². The summed E-state index contributed by atoms with van der Waals surface area (Å²) in [7, 11) is 0. The third-order valence-corrected chi connectivity index (χ3v) is 3.52. The summed E-state index contributed by atoms with van der Waals surface area (Å²) in [6, 6.07) is 11.2. The number of nitriles is 1. The first-order valence-corrected chi connectivity index (χ1v) is 6.81. The van der Waals surface area contributed by atoms with Crippen molar-refractivity contribution in [2.45, 2.75) is 25.5 Å². The fourth-order valence-electron chi connectivity index (χ4n) is 2.29. The molecule has 21 heavy (non-hydrogen) atoms. The Morgan fingerprint density at radius 1 is 1.43 bits per heavy atom. The van der Waals surface area contributed by atoms with Gasteiger partial charge < -0.3 is 15.0 Å². The van der Waals surface area contributed by atoms with E-state index in [9.17, 15) is 4.79 Å². The quantitative estimate of drug-likeness (QED) is 0.873. The van der Waals surface area contributed by atoms with E-state index >= 15 is 0 Å².